The van der Waals surface area contributed by atoms with Gasteiger partial charge in [-0.05, 0) is 38.0 Å². The first-order chi connectivity index (χ1) is 8.35. The van der Waals surface area contributed by atoms with E-state index in [-0.39, 0.29) is 5.91 Å². The highest BCUT2D eigenvalue weighted by molar-refractivity contribution is 6.00. The first kappa shape index (κ1) is 14.2. The van der Waals surface area contributed by atoms with Gasteiger partial charge >= 0.3 is 5.97 Å². The Hall–Kier alpha value is -1.91. The normalized spacial score (nSPS) is 11.1. The Labute approximate surface area is 106 Å². The molecule has 5 heteroatoms. The van der Waals surface area contributed by atoms with Crippen LogP contribution in [0.4, 0.5) is 0 Å². The maximum absolute atomic E-state index is 12.0. The van der Waals surface area contributed by atoms with E-state index in [2.05, 4.69) is 4.98 Å². The summed E-state index contributed by atoms with van der Waals surface area (Å²) in [6.07, 6.45) is 4.07. The summed E-state index contributed by atoms with van der Waals surface area (Å²) in [6, 6.07) is 3.75. The monoisotopic (exact) mass is 250 g/mol. The second-order valence-electron chi connectivity index (χ2n) is 4.76. The number of carboxylic acid groups (broad SMARTS) is 1. The van der Waals surface area contributed by atoms with Gasteiger partial charge in [0.05, 0.1) is 0 Å². The predicted octanol–water partition coefficient (Wildman–Crippen LogP) is 1.19. The molecule has 98 valence electrons. The molecule has 0 aliphatic rings. The van der Waals surface area contributed by atoms with Gasteiger partial charge in [0.1, 0.15) is 5.41 Å². The third-order valence-corrected chi connectivity index (χ3v) is 2.90. The van der Waals surface area contributed by atoms with Crippen molar-refractivity contribution in [2.45, 2.75) is 20.3 Å². The van der Waals surface area contributed by atoms with Crippen LogP contribution < -0.4 is 0 Å². The van der Waals surface area contributed by atoms with Crippen molar-refractivity contribution >= 4 is 11.9 Å². The van der Waals surface area contributed by atoms with Gasteiger partial charge in [0.25, 0.3) is 0 Å². The highest BCUT2D eigenvalue weighted by atomic mass is 16.4. The first-order valence-electron chi connectivity index (χ1n) is 5.73. The lowest BCUT2D eigenvalue weighted by atomic mass is 9.92. The summed E-state index contributed by atoms with van der Waals surface area (Å²) < 4.78 is 0. The Balaban J connectivity index is 2.59. The molecule has 0 aromatic carbocycles. The van der Waals surface area contributed by atoms with Crippen LogP contribution in [0.15, 0.2) is 24.5 Å². The van der Waals surface area contributed by atoms with Gasteiger partial charge in [-0.1, -0.05) is 0 Å². The summed E-state index contributed by atoms with van der Waals surface area (Å²) >= 11 is 0. The molecule has 0 aliphatic carbocycles. The standard InChI is InChI=1S/C13H18N2O3/c1-13(2,12(17)18)11(16)15(3)9-6-10-4-7-14-8-5-10/h4-5,7-8H,6,9H2,1-3H3,(H,17,18). The zero-order chi connectivity index (χ0) is 13.8. The number of aromatic nitrogens is 1. The van der Waals surface area contributed by atoms with E-state index in [0.717, 1.165) is 5.56 Å². The number of carboxylic acids is 1. The number of pyridine rings is 1. The van der Waals surface area contributed by atoms with Crippen LogP contribution in [0.1, 0.15) is 19.4 Å². The Morgan fingerprint density at radius 3 is 2.39 bits per heavy atom. The van der Waals surface area contributed by atoms with Gasteiger partial charge in [0, 0.05) is 26.0 Å². The van der Waals surface area contributed by atoms with E-state index < -0.39 is 11.4 Å². The second-order valence-corrected chi connectivity index (χ2v) is 4.76. The van der Waals surface area contributed by atoms with Crippen LogP contribution in [-0.4, -0.2) is 40.5 Å². The zero-order valence-corrected chi connectivity index (χ0v) is 10.9. The molecule has 0 saturated carbocycles. The van der Waals surface area contributed by atoms with E-state index in [1.165, 1.54) is 18.7 Å². The van der Waals surface area contributed by atoms with E-state index in [1.807, 2.05) is 12.1 Å². The lowest BCUT2D eigenvalue weighted by molar-refractivity contribution is -0.157. The van der Waals surface area contributed by atoms with Gasteiger partial charge in [-0.15, -0.1) is 0 Å². The number of rotatable bonds is 5. The molecule has 1 rings (SSSR count). The molecule has 1 amide bonds. The summed E-state index contributed by atoms with van der Waals surface area (Å²) in [4.78, 5) is 28.3. The van der Waals surface area contributed by atoms with Gasteiger partial charge < -0.3 is 10.0 Å². The lowest BCUT2D eigenvalue weighted by Crippen LogP contribution is -2.44. The smallest absolute Gasteiger partial charge is 0.318 e. The molecule has 0 atom stereocenters. The van der Waals surface area contributed by atoms with Crippen molar-refractivity contribution in [2.75, 3.05) is 13.6 Å². The van der Waals surface area contributed by atoms with Gasteiger partial charge in [-0.25, -0.2) is 0 Å². The van der Waals surface area contributed by atoms with Crippen molar-refractivity contribution in [3.05, 3.63) is 30.1 Å². The molecule has 1 aromatic rings. The number of carbonyl (C=O) groups excluding carboxylic acids is 1. The lowest BCUT2D eigenvalue weighted by Gasteiger charge is -2.25. The summed E-state index contributed by atoms with van der Waals surface area (Å²) in [5.41, 5.74) is -0.315. The van der Waals surface area contributed by atoms with Crippen molar-refractivity contribution in [3.8, 4) is 0 Å². The van der Waals surface area contributed by atoms with E-state index >= 15 is 0 Å². The minimum absolute atomic E-state index is 0.385. The topological polar surface area (TPSA) is 70.5 Å². The number of aliphatic carboxylic acids is 1. The number of amides is 1. The molecule has 0 fully saturated rings. The second kappa shape index (κ2) is 5.62. The minimum atomic E-state index is -1.38. The molecule has 1 heterocycles. The van der Waals surface area contributed by atoms with Crippen LogP contribution in [0, 0.1) is 5.41 Å². The summed E-state index contributed by atoms with van der Waals surface area (Å²) in [6.45, 7) is 3.32. The van der Waals surface area contributed by atoms with Crippen molar-refractivity contribution in [1.29, 1.82) is 0 Å². The highest BCUT2D eigenvalue weighted by Crippen LogP contribution is 2.18. The van der Waals surface area contributed by atoms with Crippen LogP contribution in [0.25, 0.3) is 0 Å². The molecule has 5 nitrogen and oxygen atoms in total. The largest absolute Gasteiger partial charge is 0.480 e. The fourth-order valence-electron chi connectivity index (χ4n) is 1.52. The van der Waals surface area contributed by atoms with E-state index in [1.54, 1.807) is 19.4 Å². The van der Waals surface area contributed by atoms with Gasteiger partial charge in [-0.3, -0.25) is 14.6 Å². The fourth-order valence-corrected chi connectivity index (χ4v) is 1.52. The van der Waals surface area contributed by atoms with Crippen molar-refractivity contribution < 1.29 is 14.7 Å². The molecule has 0 aliphatic heterocycles. The minimum Gasteiger partial charge on any atom is -0.480 e. The van der Waals surface area contributed by atoms with E-state index in [9.17, 15) is 9.59 Å². The van der Waals surface area contributed by atoms with Crippen LogP contribution in [-0.2, 0) is 16.0 Å². The van der Waals surface area contributed by atoms with Gasteiger partial charge in [0.2, 0.25) is 5.91 Å². The quantitative estimate of drug-likeness (QED) is 0.797. The number of hydrogen-bond donors (Lipinski definition) is 1. The number of likely N-dealkylation sites (N-methyl/N-ethyl adjacent to an activating group) is 1. The van der Waals surface area contributed by atoms with Crippen LogP contribution in [0.5, 0.6) is 0 Å². The predicted molar refractivity (Wildman–Crippen MR) is 67.0 cm³/mol. The fraction of sp³-hybridized carbons (Fsp3) is 0.462. The molecule has 0 unspecified atom stereocenters. The number of carbonyl (C=O) groups is 2. The molecule has 18 heavy (non-hydrogen) atoms. The first-order valence-corrected chi connectivity index (χ1v) is 5.73. The third kappa shape index (κ3) is 3.29. The van der Waals surface area contributed by atoms with Crippen molar-refractivity contribution in [1.82, 2.24) is 9.88 Å². The van der Waals surface area contributed by atoms with Crippen LogP contribution in [0.3, 0.4) is 0 Å². The van der Waals surface area contributed by atoms with Gasteiger partial charge in [-0.2, -0.15) is 0 Å². The molecule has 0 saturated heterocycles. The Bertz CT molecular complexity index is 429. The maximum atomic E-state index is 12.0. The average molecular weight is 250 g/mol. The number of hydrogen-bond acceptors (Lipinski definition) is 3. The molecular formula is C13H18N2O3. The molecule has 0 radical (unpaired) electrons. The van der Waals surface area contributed by atoms with Crippen molar-refractivity contribution in [2.24, 2.45) is 5.41 Å². The Kier molecular flexibility index (Phi) is 4.42. The summed E-state index contributed by atoms with van der Waals surface area (Å²) in [5, 5.41) is 8.99. The van der Waals surface area contributed by atoms with Crippen molar-refractivity contribution in [3.63, 3.8) is 0 Å². The third-order valence-electron chi connectivity index (χ3n) is 2.90. The molecule has 0 bridgehead atoms. The van der Waals surface area contributed by atoms with Gasteiger partial charge in [0.15, 0.2) is 0 Å². The summed E-state index contributed by atoms with van der Waals surface area (Å²) in [5.74, 6) is -1.49. The highest BCUT2D eigenvalue weighted by Gasteiger charge is 2.37. The number of nitrogens with zero attached hydrogens (tertiary/aromatic N) is 2. The molecule has 1 aromatic heterocycles. The van der Waals surface area contributed by atoms with Crippen LogP contribution >= 0.6 is 0 Å². The summed E-state index contributed by atoms with van der Waals surface area (Å²) in [7, 11) is 1.62. The Morgan fingerprint density at radius 1 is 1.33 bits per heavy atom. The maximum Gasteiger partial charge on any atom is 0.318 e. The average Bonchev–Trinajstić information content (AvgIpc) is 2.36. The van der Waals surface area contributed by atoms with E-state index in [0.29, 0.717) is 13.0 Å². The van der Waals surface area contributed by atoms with Crippen LogP contribution in [0.2, 0.25) is 0 Å². The molecule has 1 N–H and O–H groups in total. The molecule has 0 spiro atoms. The Morgan fingerprint density at radius 2 is 1.89 bits per heavy atom. The van der Waals surface area contributed by atoms with E-state index in [4.69, 9.17) is 5.11 Å². The zero-order valence-electron chi connectivity index (χ0n) is 10.9. The molecular weight excluding hydrogens is 232 g/mol. The SMILES string of the molecule is CN(CCc1ccncc1)C(=O)C(C)(C)C(=O)O.